The molecule has 0 saturated carbocycles. The second-order valence-electron chi connectivity index (χ2n) is 3.58. The first-order valence-corrected chi connectivity index (χ1v) is 5.97. The van der Waals surface area contributed by atoms with Gasteiger partial charge < -0.3 is 0 Å². The number of hydrogen-bond donors (Lipinski definition) is 0. The molecule has 0 nitrogen and oxygen atoms in total. The summed E-state index contributed by atoms with van der Waals surface area (Å²) in [5.74, 6) is 0. The number of hydrogen-bond acceptors (Lipinski definition) is 0. The van der Waals surface area contributed by atoms with E-state index in [1.165, 1.54) is 21.9 Å². The highest BCUT2D eigenvalue weighted by Gasteiger charge is 2.00. The lowest BCUT2D eigenvalue weighted by Crippen LogP contribution is -1.89. The first-order valence-electron chi connectivity index (χ1n) is 4.85. The summed E-state index contributed by atoms with van der Waals surface area (Å²) in [5, 5.41) is 3.77. The molecule has 0 unspecified atom stereocenters. The highest BCUT2D eigenvalue weighted by Crippen LogP contribution is 2.21. The summed E-state index contributed by atoms with van der Waals surface area (Å²) in [6.45, 7) is 2.16. The zero-order valence-electron chi connectivity index (χ0n) is 8.26. The zero-order valence-corrected chi connectivity index (χ0v) is 9.84. The minimum atomic E-state index is 1.03. The van der Waals surface area contributed by atoms with Gasteiger partial charge in [0.15, 0.2) is 0 Å². The van der Waals surface area contributed by atoms with Crippen molar-refractivity contribution >= 4 is 26.7 Å². The van der Waals surface area contributed by atoms with Gasteiger partial charge in [-0.15, -0.1) is 0 Å². The van der Waals surface area contributed by atoms with E-state index < -0.39 is 0 Å². The molecular formula is C13H13Br. The molecule has 1 heteroatoms. The van der Waals surface area contributed by atoms with Gasteiger partial charge in [-0.1, -0.05) is 57.9 Å². The van der Waals surface area contributed by atoms with Crippen LogP contribution in [0.2, 0.25) is 0 Å². The standard InChI is InChI=1S/C13H13Br/c1-10-8-11-4-2-3-5-13(11)12(9-10)6-7-14/h2-5,8-9H,6-7H2,1H3. The van der Waals surface area contributed by atoms with Crippen LogP contribution in [0.1, 0.15) is 11.1 Å². The summed E-state index contributed by atoms with van der Waals surface area (Å²) in [6.07, 6.45) is 1.10. The van der Waals surface area contributed by atoms with Crippen LogP contribution in [0.25, 0.3) is 10.8 Å². The Balaban J connectivity index is 2.67. The van der Waals surface area contributed by atoms with Crippen LogP contribution in [0, 0.1) is 6.92 Å². The molecule has 72 valence electrons. The molecule has 2 aromatic rings. The normalized spacial score (nSPS) is 10.7. The van der Waals surface area contributed by atoms with Crippen LogP contribution >= 0.6 is 15.9 Å². The summed E-state index contributed by atoms with van der Waals surface area (Å²) in [7, 11) is 0. The maximum absolute atomic E-state index is 3.50. The Labute approximate surface area is 93.1 Å². The second-order valence-corrected chi connectivity index (χ2v) is 4.38. The third-order valence-corrected chi connectivity index (χ3v) is 2.85. The molecule has 0 aliphatic carbocycles. The summed E-state index contributed by atoms with van der Waals surface area (Å²) in [5.41, 5.74) is 2.79. The van der Waals surface area contributed by atoms with Crippen LogP contribution in [-0.4, -0.2) is 5.33 Å². The molecular weight excluding hydrogens is 236 g/mol. The maximum atomic E-state index is 3.50. The van der Waals surface area contributed by atoms with E-state index in [4.69, 9.17) is 0 Å². The Morgan fingerprint density at radius 2 is 1.93 bits per heavy atom. The molecule has 0 fully saturated rings. The summed E-state index contributed by atoms with van der Waals surface area (Å²) in [4.78, 5) is 0. The van der Waals surface area contributed by atoms with Gasteiger partial charge in [0.25, 0.3) is 0 Å². The summed E-state index contributed by atoms with van der Waals surface area (Å²) < 4.78 is 0. The lowest BCUT2D eigenvalue weighted by molar-refractivity contribution is 1.18. The van der Waals surface area contributed by atoms with Crippen molar-refractivity contribution in [1.82, 2.24) is 0 Å². The Morgan fingerprint density at radius 1 is 1.14 bits per heavy atom. The van der Waals surface area contributed by atoms with E-state index in [9.17, 15) is 0 Å². The van der Waals surface area contributed by atoms with Gasteiger partial charge in [-0.05, 0) is 29.7 Å². The maximum Gasteiger partial charge on any atom is 0.00720 e. The van der Waals surface area contributed by atoms with Gasteiger partial charge in [-0.3, -0.25) is 0 Å². The minimum absolute atomic E-state index is 1.03. The molecule has 0 radical (unpaired) electrons. The molecule has 0 heterocycles. The van der Waals surface area contributed by atoms with Gasteiger partial charge in [-0.25, -0.2) is 0 Å². The van der Waals surface area contributed by atoms with E-state index in [1.54, 1.807) is 0 Å². The molecule has 0 saturated heterocycles. The average molecular weight is 249 g/mol. The molecule has 0 aliphatic rings. The molecule has 2 aromatic carbocycles. The predicted octanol–water partition coefficient (Wildman–Crippen LogP) is 4.09. The van der Waals surface area contributed by atoms with Crippen LogP contribution in [0.3, 0.4) is 0 Å². The van der Waals surface area contributed by atoms with Crippen molar-refractivity contribution in [1.29, 1.82) is 0 Å². The van der Waals surface area contributed by atoms with Crippen molar-refractivity contribution in [3.8, 4) is 0 Å². The van der Waals surface area contributed by atoms with Crippen molar-refractivity contribution in [2.24, 2.45) is 0 Å². The first-order chi connectivity index (χ1) is 6.81. The van der Waals surface area contributed by atoms with E-state index in [0.717, 1.165) is 11.8 Å². The molecule has 0 aliphatic heterocycles. The van der Waals surface area contributed by atoms with Crippen LogP contribution in [-0.2, 0) is 6.42 Å². The molecule has 0 aromatic heterocycles. The molecule has 2 rings (SSSR count). The Morgan fingerprint density at radius 3 is 2.71 bits per heavy atom. The van der Waals surface area contributed by atoms with Crippen molar-refractivity contribution in [2.45, 2.75) is 13.3 Å². The van der Waals surface area contributed by atoms with Crippen LogP contribution in [0.15, 0.2) is 36.4 Å². The molecule has 0 spiro atoms. The minimum Gasteiger partial charge on any atom is -0.0924 e. The van der Waals surface area contributed by atoms with Crippen molar-refractivity contribution in [3.05, 3.63) is 47.5 Å². The van der Waals surface area contributed by atoms with Gasteiger partial charge >= 0.3 is 0 Å². The monoisotopic (exact) mass is 248 g/mol. The molecule has 14 heavy (non-hydrogen) atoms. The van der Waals surface area contributed by atoms with E-state index >= 15 is 0 Å². The number of benzene rings is 2. The second kappa shape index (κ2) is 4.14. The van der Waals surface area contributed by atoms with E-state index in [1.807, 2.05) is 0 Å². The quantitative estimate of drug-likeness (QED) is 0.703. The Kier molecular flexibility index (Phi) is 2.87. The van der Waals surface area contributed by atoms with Crippen molar-refractivity contribution in [2.75, 3.05) is 5.33 Å². The molecule has 0 amide bonds. The number of halogens is 1. The first kappa shape index (κ1) is 9.72. The van der Waals surface area contributed by atoms with E-state index in [-0.39, 0.29) is 0 Å². The SMILES string of the molecule is Cc1cc(CCBr)c2ccccc2c1. The molecule has 0 atom stereocenters. The largest absolute Gasteiger partial charge is 0.0924 e. The third-order valence-electron chi connectivity index (χ3n) is 2.46. The lowest BCUT2D eigenvalue weighted by Gasteiger charge is -2.06. The fourth-order valence-corrected chi connectivity index (χ4v) is 2.29. The van der Waals surface area contributed by atoms with Crippen LogP contribution in [0.4, 0.5) is 0 Å². The average Bonchev–Trinajstić information content (AvgIpc) is 2.18. The van der Waals surface area contributed by atoms with Crippen molar-refractivity contribution in [3.63, 3.8) is 0 Å². The summed E-state index contributed by atoms with van der Waals surface area (Å²) >= 11 is 3.50. The fraction of sp³-hybridized carbons (Fsp3) is 0.231. The number of rotatable bonds is 2. The van der Waals surface area contributed by atoms with Gasteiger partial charge in [0.1, 0.15) is 0 Å². The zero-order chi connectivity index (χ0) is 9.97. The Bertz CT molecular complexity index is 446. The molecule has 0 N–H and O–H groups in total. The summed E-state index contributed by atoms with van der Waals surface area (Å²) in [6, 6.07) is 13.1. The number of alkyl halides is 1. The smallest absolute Gasteiger partial charge is 0.00720 e. The third kappa shape index (κ3) is 1.83. The number of fused-ring (bicyclic) bond motifs is 1. The van der Waals surface area contributed by atoms with Crippen molar-refractivity contribution < 1.29 is 0 Å². The van der Waals surface area contributed by atoms with E-state index in [0.29, 0.717) is 0 Å². The number of aryl methyl sites for hydroxylation is 2. The highest BCUT2D eigenvalue weighted by atomic mass is 79.9. The van der Waals surface area contributed by atoms with Gasteiger partial charge in [-0.2, -0.15) is 0 Å². The fourth-order valence-electron chi connectivity index (χ4n) is 1.86. The van der Waals surface area contributed by atoms with Crippen LogP contribution < -0.4 is 0 Å². The van der Waals surface area contributed by atoms with Gasteiger partial charge in [0, 0.05) is 5.33 Å². The Hall–Kier alpha value is -0.820. The van der Waals surface area contributed by atoms with Gasteiger partial charge in [0.05, 0.1) is 0 Å². The van der Waals surface area contributed by atoms with Gasteiger partial charge in [0.2, 0.25) is 0 Å². The highest BCUT2D eigenvalue weighted by molar-refractivity contribution is 9.09. The van der Waals surface area contributed by atoms with Crippen LogP contribution in [0.5, 0.6) is 0 Å². The topological polar surface area (TPSA) is 0 Å². The lowest BCUT2D eigenvalue weighted by atomic mass is 10.00. The molecule has 0 bridgehead atoms. The predicted molar refractivity (Wildman–Crippen MR) is 66.2 cm³/mol. The van der Waals surface area contributed by atoms with E-state index in [2.05, 4.69) is 59.3 Å².